The number of benzene rings is 1. The average molecular weight is 290 g/mol. The molecular weight excluding hydrogens is 264 g/mol. The van der Waals surface area contributed by atoms with E-state index >= 15 is 0 Å². The number of hydrogen-bond donors (Lipinski definition) is 1. The lowest BCUT2D eigenvalue weighted by Crippen LogP contribution is -2.38. The second-order valence-corrected chi connectivity index (χ2v) is 5.61. The molecule has 1 aromatic rings. The molecule has 21 heavy (non-hydrogen) atoms. The van der Waals surface area contributed by atoms with Crippen LogP contribution < -0.4 is 10.1 Å². The van der Waals surface area contributed by atoms with Crippen LogP contribution in [0.25, 0.3) is 0 Å². The number of carbonyl (C=O) groups is 1. The Bertz CT molecular complexity index is 448. The van der Waals surface area contributed by atoms with Gasteiger partial charge < -0.3 is 15.0 Å². The lowest BCUT2D eigenvalue weighted by molar-refractivity contribution is -0.136. The predicted octanol–water partition coefficient (Wildman–Crippen LogP) is 2.75. The van der Waals surface area contributed by atoms with Crippen LogP contribution in [0.4, 0.5) is 0 Å². The van der Waals surface area contributed by atoms with Gasteiger partial charge in [0, 0.05) is 19.1 Å². The summed E-state index contributed by atoms with van der Waals surface area (Å²) in [7, 11) is 1.97. The van der Waals surface area contributed by atoms with Gasteiger partial charge in [-0.2, -0.15) is 0 Å². The first-order valence-corrected chi connectivity index (χ1v) is 7.88. The summed E-state index contributed by atoms with van der Waals surface area (Å²) in [6, 6.07) is 8.38. The lowest BCUT2D eigenvalue weighted by atomic mass is 10.0. The summed E-state index contributed by atoms with van der Waals surface area (Å²) in [5, 5.41) is 3.28. The van der Waals surface area contributed by atoms with Gasteiger partial charge in [0.2, 0.25) is 0 Å². The molecule has 1 N–H and O–H groups in total. The Morgan fingerprint density at radius 1 is 1.29 bits per heavy atom. The van der Waals surface area contributed by atoms with Crippen LogP contribution in [-0.4, -0.2) is 37.0 Å². The van der Waals surface area contributed by atoms with E-state index in [-0.39, 0.29) is 5.91 Å². The summed E-state index contributed by atoms with van der Waals surface area (Å²) in [4.78, 5) is 14.1. The van der Waals surface area contributed by atoms with Crippen LogP contribution in [-0.2, 0) is 4.79 Å². The van der Waals surface area contributed by atoms with E-state index in [1.54, 1.807) is 0 Å². The van der Waals surface area contributed by atoms with E-state index in [0.29, 0.717) is 6.04 Å². The molecule has 4 nitrogen and oxygen atoms in total. The highest BCUT2D eigenvalue weighted by Gasteiger charge is 2.24. The van der Waals surface area contributed by atoms with E-state index in [2.05, 4.69) is 24.4 Å². The van der Waals surface area contributed by atoms with Crippen molar-refractivity contribution in [2.75, 3.05) is 20.1 Å². The van der Waals surface area contributed by atoms with Crippen molar-refractivity contribution in [2.24, 2.45) is 0 Å². The third-order valence-corrected chi connectivity index (χ3v) is 4.12. The SMILES string of the molecule is CCC(NC)c1ccc(OC(C)C(=O)N2CCCC2)cc1. The summed E-state index contributed by atoms with van der Waals surface area (Å²) in [6.45, 7) is 5.72. The number of ether oxygens (including phenoxy) is 1. The van der Waals surface area contributed by atoms with Crippen molar-refractivity contribution in [1.29, 1.82) is 0 Å². The number of nitrogens with zero attached hydrogens (tertiary/aromatic N) is 1. The second-order valence-electron chi connectivity index (χ2n) is 5.61. The number of carbonyl (C=O) groups excluding carboxylic acids is 1. The molecule has 2 atom stereocenters. The molecule has 2 unspecified atom stereocenters. The molecule has 0 spiro atoms. The molecule has 116 valence electrons. The monoisotopic (exact) mass is 290 g/mol. The van der Waals surface area contributed by atoms with Gasteiger partial charge >= 0.3 is 0 Å². The Labute approximate surface area is 127 Å². The molecule has 1 fully saturated rings. The van der Waals surface area contributed by atoms with Crippen LogP contribution in [0.15, 0.2) is 24.3 Å². The van der Waals surface area contributed by atoms with Crippen LogP contribution in [0.3, 0.4) is 0 Å². The smallest absolute Gasteiger partial charge is 0.263 e. The fraction of sp³-hybridized carbons (Fsp3) is 0.588. The highest BCUT2D eigenvalue weighted by atomic mass is 16.5. The van der Waals surface area contributed by atoms with Crippen LogP contribution in [0.2, 0.25) is 0 Å². The minimum Gasteiger partial charge on any atom is -0.481 e. The Kier molecular flexibility index (Phi) is 5.62. The molecule has 0 radical (unpaired) electrons. The number of rotatable bonds is 6. The van der Waals surface area contributed by atoms with Crippen molar-refractivity contribution < 1.29 is 9.53 Å². The van der Waals surface area contributed by atoms with Gasteiger partial charge in [-0.05, 0) is 50.9 Å². The molecule has 1 saturated heterocycles. The zero-order valence-electron chi connectivity index (χ0n) is 13.3. The minimum absolute atomic E-state index is 0.0956. The van der Waals surface area contributed by atoms with Crippen LogP contribution in [0, 0.1) is 0 Å². The van der Waals surface area contributed by atoms with Crippen molar-refractivity contribution in [3.63, 3.8) is 0 Å². The standard InChI is InChI=1S/C17H26N2O2/c1-4-16(18-3)14-7-9-15(10-8-14)21-13(2)17(20)19-11-5-6-12-19/h7-10,13,16,18H,4-6,11-12H2,1-3H3. The molecule has 2 rings (SSSR count). The Morgan fingerprint density at radius 2 is 1.90 bits per heavy atom. The van der Waals surface area contributed by atoms with Gasteiger partial charge in [0.1, 0.15) is 5.75 Å². The highest BCUT2D eigenvalue weighted by molar-refractivity contribution is 5.81. The van der Waals surface area contributed by atoms with E-state index in [9.17, 15) is 4.79 Å². The summed E-state index contributed by atoms with van der Waals surface area (Å²) in [5.41, 5.74) is 1.24. The van der Waals surface area contributed by atoms with Crippen LogP contribution >= 0.6 is 0 Å². The molecule has 1 amide bonds. The Hall–Kier alpha value is -1.55. The zero-order chi connectivity index (χ0) is 15.2. The van der Waals surface area contributed by atoms with Crippen molar-refractivity contribution in [2.45, 2.75) is 45.3 Å². The molecule has 1 aliphatic rings. The topological polar surface area (TPSA) is 41.6 Å². The van der Waals surface area contributed by atoms with Crippen molar-refractivity contribution in [3.05, 3.63) is 29.8 Å². The fourth-order valence-corrected chi connectivity index (χ4v) is 2.83. The molecule has 1 heterocycles. The molecule has 0 aromatic heterocycles. The molecule has 1 aromatic carbocycles. The fourth-order valence-electron chi connectivity index (χ4n) is 2.83. The van der Waals surface area contributed by atoms with Gasteiger partial charge in [-0.15, -0.1) is 0 Å². The molecule has 4 heteroatoms. The minimum atomic E-state index is -0.416. The molecular formula is C17H26N2O2. The van der Waals surface area contributed by atoms with Gasteiger partial charge in [0.15, 0.2) is 6.10 Å². The molecule has 0 aliphatic carbocycles. The largest absolute Gasteiger partial charge is 0.481 e. The average Bonchev–Trinajstić information content (AvgIpc) is 3.03. The number of nitrogens with one attached hydrogen (secondary N) is 1. The van der Waals surface area contributed by atoms with Gasteiger partial charge in [-0.3, -0.25) is 4.79 Å². The highest BCUT2D eigenvalue weighted by Crippen LogP contribution is 2.21. The van der Waals surface area contributed by atoms with Gasteiger partial charge in [0.25, 0.3) is 5.91 Å². The van der Waals surface area contributed by atoms with Crippen molar-refractivity contribution in [3.8, 4) is 5.75 Å². The third-order valence-electron chi connectivity index (χ3n) is 4.12. The number of amides is 1. The first-order chi connectivity index (χ1) is 10.2. The van der Waals surface area contributed by atoms with Crippen LogP contribution in [0.5, 0.6) is 5.75 Å². The van der Waals surface area contributed by atoms with Crippen molar-refractivity contribution in [1.82, 2.24) is 10.2 Å². The van der Waals surface area contributed by atoms with Gasteiger partial charge in [-0.1, -0.05) is 19.1 Å². The third kappa shape index (κ3) is 3.97. The summed E-state index contributed by atoms with van der Waals surface area (Å²) >= 11 is 0. The molecule has 1 aliphatic heterocycles. The van der Waals surface area contributed by atoms with E-state index in [1.165, 1.54) is 5.56 Å². The molecule has 0 bridgehead atoms. The number of likely N-dealkylation sites (tertiary alicyclic amines) is 1. The van der Waals surface area contributed by atoms with Gasteiger partial charge in [0.05, 0.1) is 0 Å². The first kappa shape index (κ1) is 15.8. The maximum absolute atomic E-state index is 12.2. The summed E-state index contributed by atoms with van der Waals surface area (Å²) in [6.07, 6.45) is 2.84. The quantitative estimate of drug-likeness (QED) is 0.876. The maximum Gasteiger partial charge on any atom is 0.263 e. The van der Waals surface area contributed by atoms with E-state index in [0.717, 1.165) is 38.1 Å². The lowest BCUT2D eigenvalue weighted by Gasteiger charge is -2.21. The van der Waals surface area contributed by atoms with Gasteiger partial charge in [-0.25, -0.2) is 0 Å². The number of hydrogen-bond acceptors (Lipinski definition) is 3. The second kappa shape index (κ2) is 7.46. The maximum atomic E-state index is 12.2. The Balaban J connectivity index is 1.94. The van der Waals surface area contributed by atoms with Crippen LogP contribution in [0.1, 0.15) is 44.7 Å². The zero-order valence-corrected chi connectivity index (χ0v) is 13.3. The van der Waals surface area contributed by atoms with Crippen molar-refractivity contribution >= 4 is 5.91 Å². The Morgan fingerprint density at radius 3 is 2.43 bits per heavy atom. The van der Waals surface area contributed by atoms with E-state index < -0.39 is 6.10 Å². The molecule has 0 saturated carbocycles. The first-order valence-electron chi connectivity index (χ1n) is 7.88. The summed E-state index contributed by atoms with van der Waals surface area (Å²) in [5.74, 6) is 0.850. The summed E-state index contributed by atoms with van der Waals surface area (Å²) < 4.78 is 5.78. The van der Waals surface area contributed by atoms with E-state index in [4.69, 9.17) is 4.74 Å². The normalized spacial score (nSPS) is 17.6. The van der Waals surface area contributed by atoms with E-state index in [1.807, 2.05) is 31.0 Å². The predicted molar refractivity (Wildman–Crippen MR) is 84.4 cm³/mol.